The van der Waals surface area contributed by atoms with Gasteiger partial charge in [0.25, 0.3) is 5.91 Å². The fraction of sp³-hybridized carbons (Fsp3) is 0.467. The normalized spacial score (nSPS) is 23.5. The average Bonchev–Trinajstić information content (AvgIpc) is 2.95. The SMILES string of the molecule is CC1CCN(C(=O)c2cc(Cl)c3c(c2)OCO3)C(C(=O)O)C1. The molecule has 118 valence electrons. The molecule has 0 bridgehead atoms. The maximum atomic E-state index is 12.7. The smallest absolute Gasteiger partial charge is 0.326 e. The van der Waals surface area contributed by atoms with Gasteiger partial charge in [-0.1, -0.05) is 18.5 Å². The van der Waals surface area contributed by atoms with E-state index in [4.69, 9.17) is 21.1 Å². The molecule has 0 radical (unpaired) electrons. The van der Waals surface area contributed by atoms with Crippen molar-refractivity contribution in [1.29, 1.82) is 0 Å². The fourth-order valence-corrected chi connectivity index (χ4v) is 3.14. The van der Waals surface area contributed by atoms with E-state index in [0.717, 1.165) is 6.42 Å². The number of benzene rings is 1. The van der Waals surface area contributed by atoms with Crippen LogP contribution in [0, 0.1) is 5.92 Å². The highest BCUT2D eigenvalue weighted by Gasteiger charge is 2.35. The molecule has 2 atom stereocenters. The van der Waals surface area contributed by atoms with Crippen LogP contribution in [0.15, 0.2) is 12.1 Å². The maximum Gasteiger partial charge on any atom is 0.326 e. The number of carboxylic acid groups (broad SMARTS) is 1. The number of carbonyl (C=O) groups excluding carboxylic acids is 1. The third-order valence-corrected chi connectivity index (χ3v) is 4.37. The van der Waals surface area contributed by atoms with Crippen LogP contribution in [0.3, 0.4) is 0 Å². The van der Waals surface area contributed by atoms with Crippen molar-refractivity contribution >= 4 is 23.5 Å². The van der Waals surface area contributed by atoms with E-state index >= 15 is 0 Å². The van der Waals surface area contributed by atoms with Crippen molar-refractivity contribution in [2.24, 2.45) is 5.92 Å². The Hall–Kier alpha value is -1.95. The lowest BCUT2D eigenvalue weighted by Crippen LogP contribution is -2.49. The zero-order valence-electron chi connectivity index (χ0n) is 12.0. The van der Waals surface area contributed by atoms with Gasteiger partial charge in [0.05, 0.1) is 5.02 Å². The van der Waals surface area contributed by atoms with Gasteiger partial charge in [-0.3, -0.25) is 4.79 Å². The second kappa shape index (κ2) is 5.68. The molecule has 0 aliphatic carbocycles. The largest absolute Gasteiger partial charge is 0.480 e. The molecule has 2 heterocycles. The molecule has 1 amide bonds. The number of hydrogen-bond donors (Lipinski definition) is 1. The highest BCUT2D eigenvalue weighted by atomic mass is 35.5. The van der Waals surface area contributed by atoms with Crippen molar-refractivity contribution in [3.8, 4) is 11.5 Å². The lowest BCUT2D eigenvalue weighted by atomic mass is 9.92. The molecule has 0 saturated carbocycles. The summed E-state index contributed by atoms with van der Waals surface area (Å²) in [5.74, 6) is -0.217. The molecule has 2 unspecified atom stereocenters. The van der Waals surface area contributed by atoms with Gasteiger partial charge in [0.1, 0.15) is 6.04 Å². The molecular weight excluding hydrogens is 310 g/mol. The van der Waals surface area contributed by atoms with Gasteiger partial charge in [0.2, 0.25) is 6.79 Å². The molecule has 6 nitrogen and oxygen atoms in total. The Labute approximate surface area is 132 Å². The minimum absolute atomic E-state index is 0.0612. The number of rotatable bonds is 2. The summed E-state index contributed by atoms with van der Waals surface area (Å²) in [4.78, 5) is 25.5. The second-order valence-electron chi connectivity index (χ2n) is 5.67. The van der Waals surface area contributed by atoms with Gasteiger partial charge in [-0.05, 0) is 30.9 Å². The van der Waals surface area contributed by atoms with Crippen molar-refractivity contribution in [3.63, 3.8) is 0 Å². The Morgan fingerprint density at radius 1 is 1.36 bits per heavy atom. The molecule has 3 rings (SSSR count). The van der Waals surface area contributed by atoms with E-state index in [9.17, 15) is 14.7 Å². The van der Waals surface area contributed by atoms with Crippen molar-refractivity contribution < 1.29 is 24.2 Å². The van der Waals surface area contributed by atoms with Crippen molar-refractivity contribution in [2.45, 2.75) is 25.8 Å². The van der Waals surface area contributed by atoms with Crippen LogP contribution in [-0.4, -0.2) is 41.3 Å². The maximum absolute atomic E-state index is 12.7. The van der Waals surface area contributed by atoms with Crippen LogP contribution < -0.4 is 9.47 Å². The van der Waals surface area contributed by atoms with E-state index in [2.05, 4.69) is 0 Å². The van der Waals surface area contributed by atoms with E-state index in [-0.39, 0.29) is 23.6 Å². The van der Waals surface area contributed by atoms with Crippen LogP contribution in [-0.2, 0) is 4.79 Å². The first-order valence-corrected chi connectivity index (χ1v) is 7.48. The zero-order valence-corrected chi connectivity index (χ0v) is 12.8. The van der Waals surface area contributed by atoms with Gasteiger partial charge in [0.15, 0.2) is 11.5 Å². The van der Waals surface area contributed by atoms with Crippen LogP contribution in [0.2, 0.25) is 5.02 Å². The molecule has 0 aromatic heterocycles. The van der Waals surface area contributed by atoms with E-state index in [1.54, 1.807) is 6.07 Å². The Morgan fingerprint density at radius 3 is 2.86 bits per heavy atom. The van der Waals surface area contributed by atoms with Gasteiger partial charge < -0.3 is 19.5 Å². The molecule has 0 spiro atoms. The Bertz CT molecular complexity index is 633. The van der Waals surface area contributed by atoms with E-state index in [1.165, 1.54) is 11.0 Å². The fourth-order valence-electron chi connectivity index (χ4n) is 2.88. The third kappa shape index (κ3) is 2.59. The standard InChI is InChI=1S/C15H16ClNO5/c1-8-2-3-17(11(4-8)15(19)20)14(18)9-5-10(16)13-12(6-9)21-7-22-13/h5-6,8,11H,2-4,7H2,1H3,(H,19,20). The van der Waals surface area contributed by atoms with E-state index in [1.807, 2.05) is 6.92 Å². The lowest BCUT2D eigenvalue weighted by molar-refractivity contribution is -0.144. The molecule has 1 aromatic rings. The van der Waals surface area contributed by atoms with Gasteiger partial charge in [-0.15, -0.1) is 0 Å². The predicted molar refractivity (Wildman–Crippen MR) is 78.4 cm³/mol. The molecule has 2 aliphatic rings. The number of hydrogen-bond acceptors (Lipinski definition) is 4. The predicted octanol–water partition coefficient (Wildman–Crippen LogP) is 2.39. The number of fused-ring (bicyclic) bond motifs is 1. The van der Waals surface area contributed by atoms with Crippen LogP contribution in [0.4, 0.5) is 0 Å². The number of amides is 1. The summed E-state index contributed by atoms with van der Waals surface area (Å²) in [5, 5.41) is 9.65. The van der Waals surface area contributed by atoms with Crippen LogP contribution in [0.25, 0.3) is 0 Å². The van der Waals surface area contributed by atoms with Gasteiger partial charge in [-0.25, -0.2) is 4.79 Å². The first kappa shape index (κ1) is 15.0. The summed E-state index contributed by atoms with van der Waals surface area (Å²) in [6.45, 7) is 2.48. The minimum atomic E-state index is -0.980. The summed E-state index contributed by atoms with van der Waals surface area (Å²) in [5.41, 5.74) is 0.315. The number of ether oxygens (including phenoxy) is 2. The van der Waals surface area contributed by atoms with Crippen LogP contribution >= 0.6 is 11.6 Å². The zero-order chi connectivity index (χ0) is 15.9. The molecule has 2 aliphatic heterocycles. The molecule has 22 heavy (non-hydrogen) atoms. The van der Waals surface area contributed by atoms with Crippen molar-refractivity contribution in [1.82, 2.24) is 4.90 Å². The summed E-state index contributed by atoms with van der Waals surface area (Å²) >= 11 is 6.09. The summed E-state index contributed by atoms with van der Waals surface area (Å²) in [7, 11) is 0. The average molecular weight is 326 g/mol. The first-order chi connectivity index (χ1) is 10.5. The van der Waals surface area contributed by atoms with Gasteiger partial charge >= 0.3 is 5.97 Å². The number of halogens is 1. The van der Waals surface area contributed by atoms with Gasteiger partial charge in [-0.2, -0.15) is 0 Å². The molecule has 1 N–H and O–H groups in total. The second-order valence-corrected chi connectivity index (χ2v) is 6.08. The molecular formula is C15H16ClNO5. The van der Waals surface area contributed by atoms with Crippen LogP contribution in [0.5, 0.6) is 11.5 Å². The number of carbonyl (C=O) groups is 2. The number of nitrogens with zero attached hydrogens (tertiary/aromatic N) is 1. The Morgan fingerprint density at radius 2 is 2.14 bits per heavy atom. The lowest BCUT2D eigenvalue weighted by Gasteiger charge is -2.36. The highest BCUT2D eigenvalue weighted by molar-refractivity contribution is 6.32. The van der Waals surface area contributed by atoms with E-state index in [0.29, 0.717) is 30.0 Å². The Kier molecular flexibility index (Phi) is 3.87. The quantitative estimate of drug-likeness (QED) is 0.903. The summed E-state index contributed by atoms with van der Waals surface area (Å²) in [6, 6.07) is 2.24. The van der Waals surface area contributed by atoms with Crippen LogP contribution in [0.1, 0.15) is 30.1 Å². The minimum Gasteiger partial charge on any atom is -0.480 e. The highest BCUT2D eigenvalue weighted by Crippen LogP contribution is 2.40. The first-order valence-electron chi connectivity index (χ1n) is 7.10. The molecule has 7 heteroatoms. The topological polar surface area (TPSA) is 76.1 Å². The monoisotopic (exact) mass is 325 g/mol. The molecule has 1 fully saturated rings. The Balaban J connectivity index is 1.90. The van der Waals surface area contributed by atoms with E-state index < -0.39 is 12.0 Å². The number of carboxylic acids is 1. The van der Waals surface area contributed by atoms with Crippen molar-refractivity contribution in [2.75, 3.05) is 13.3 Å². The number of likely N-dealkylation sites (tertiary alicyclic amines) is 1. The number of aliphatic carboxylic acids is 1. The summed E-state index contributed by atoms with van der Waals surface area (Å²) in [6.07, 6.45) is 1.24. The molecule has 1 saturated heterocycles. The van der Waals surface area contributed by atoms with Crippen molar-refractivity contribution in [3.05, 3.63) is 22.7 Å². The molecule has 1 aromatic carbocycles. The van der Waals surface area contributed by atoms with Gasteiger partial charge in [0, 0.05) is 12.1 Å². The third-order valence-electron chi connectivity index (χ3n) is 4.08. The number of piperidine rings is 1. The summed E-state index contributed by atoms with van der Waals surface area (Å²) < 4.78 is 10.5.